The number of amides is 1. The molecule has 1 aromatic rings. The molecule has 2 nitrogen and oxygen atoms in total. The van der Waals surface area contributed by atoms with Crippen LogP contribution in [0.15, 0.2) is 18.2 Å². The zero-order valence-electron chi connectivity index (χ0n) is 9.97. The van der Waals surface area contributed by atoms with Gasteiger partial charge < -0.3 is 4.90 Å². The molecule has 0 aliphatic heterocycles. The maximum atomic E-state index is 13.2. The van der Waals surface area contributed by atoms with Crippen LogP contribution in [-0.4, -0.2) is 24.9 Å². The van der Waals surface area contributed by atoms with Crippen molar-refractivity contribution in [2.24, 2.45) is 0 Å². The van der Waals surface area contributed by atoms with E-state index < -0.39 is 5.82 Å². The van der Waals surface area contributed by atoms with Gasteiger partial charge in [0.15, 0.2) is 0 Å². The number of aryl methyl sites for hydroxylation is 1. The minimum atomic E-state index is -0.460. The van der Waals surface area contributed by atoms with Gasteiger partial charge in [-0.15, -0.1) is 0 Å². The van der Waals surface area contributed by atoms with E-state index in [-0.39, 0.29) is 11.5 Å². The Morgan fingerprint density at radius 2 is 1.80 bits per heavy atom. The van der Waals surface area contributed by atoms with Crippen molar-refractivity contribution in [3.05, 3.63) is 35.1 Å². The van der Waals surface area contributed by atoms with E-state index in [4.69, 9.17) is 0 Å². The number of hydrogen-bond donors (Lipinski definition) is 0. The lowest BCUT2D eigenvalue weighted by Crippen LogP contribution is -2.22. The summed E-state index contributed by atoms with van der Waals surface area (Å²) in [6.45, 7) is 5.78. The largest absolute Gasteiger partial charge is 0.345 e. The summed E-state index contributed by atoms with van der Waals surface area (Å²) in [4.78, 5) is 12.7. The number of carbonyl (C=O) groups excluding carboxylic acids is 1. The third kappa shape index (κ3) is 3.70. The molecule has 0 saturated heterocycles. The first-order valence-electron chi connectivity index (χ1n) is 5.00. The van der Waals surface area contributed by atoms with Crippen LogP contribution in [0.25, 0.3) is 0 Å². The van der Waals surface area contributed by atoms with Gasteiger partial charge in [0.05, 0.1) is 5.56 Å². The molecular weight excluding hydrogens is 193 g/mol. The van der Waals surface area contributed by atoms with Crippen molar-refractivity contribution in [3.8, 4) is 0 Å². The fourth-order valence-electron chi connectivity index (χ4n) is 1.03. The van der Waals surface area contributed by atoms with Gasteiger partial charge in [0.1, 0.15) is 5.82 Å². The van der Waals surface area contributed by atoms with E-state index in [0.717, 1.165) is 5.56 Å². The van der Waals surface area contributed by atoms with Crippen LogP contribution in [0.1, 0.15) is 29.8 Å². The molecule has 0 bridgehead atoms. The fraction of sp³-hybridized carbons (Fsp3) is 0.417. The topological polar surface area (TPSA) is 20.3 Å². The van der Waals surface area contributed by atoms with Crippen LogP contribution in [-0.2, 0) is 0 Å². The van der Waals surface area contributed by atoms with Crippen molar-refractivity contribution in [1.82, 2.24) is 4.90 Å². The van der Waals surface area contributed by atoms with E-state index in [1.54, 1.807) is 27.1 Å². The summed E-state index contributed by atoms with van der Waals surface area (Å²) in [6.07, 6.45) is 0. The zero-order chi connectivity index (χ0) is 12.0. The second-order valence-corrected chi connectivity index (χ2v) is 3.18. The molecule has 0 N–H and O–H groups in total. The molecule has 0 aliphatic carbocycles. The summed E-state index contributed by atoms with van der Waals surface area (Å²) >= 11 is 0. The van der Waals surface area contributed by atoms with Gasteiger partial charge in [-0.05, 0) is 24.6 Å². The molecule has 0 heterocycles. The van der Waals surface area contributed by atoms with Crippen molar-refractivity contribution in [3.63, 3.8) is 0 Å². The average molecular weight is 211 g/mol. The number of carbonyl (C=O) groups is 1. The highest BCUT2D eigenvalue weighted by atomic mass is 19.1. The van der Waals surface area contributed by atoms with Crippen molar-refractivity contribution in [2.75, 3.05) is 14.1 Å². The molecule has 0 saturated carbocycles. The molecule has 1 amide bonds. The molecule has 3 heteroatoms. The molecule has 0 aromatic heterocycles. The van der Waals surface area contributed by atoms with Crippen LogP contribution in [0.5, 0.6) is 0 Å². The Morgan fingerprint density at radius 1 is 1.27 bits per heavy atom. The Bertz CT molecular complexity index is 334. The second kappa shape index (κ2) is 6.17. The summed E-state index contributed by atoms with van der Waals surface area (Å²) in [5.74, 6) is -0.767. The maximum Gasteiger partial charge on any atom is 0.256 e. The summed E-state index contributed by atoms with van der Waals surface area (Å²) in [6, 6.07) is 4.59. The highest BCUT2D eigenvalue weighted by molar-refractivity contribution is 5.94. The highest BCUT2D eigenvalue weighted by Gasteiger charge is 2.12. The van der Waals surface area contributed by atoms with E-state index in [9.17, 15) is 9.18 Å². The SMILES string of the molecule is CC.Cc1ccc(C(=O)N(C)C)c(F)c1. The van der Waals surface area contributed by atoms with Crippen LogP contribution < -0.4 is 0 Å². The first-order chi connectivity index (χ1) is 7.02. The normalized spacial score (nSPS) is 8.93. The number of rotatable bonds is 1. The second-order valence-electron chi connectivity index (χ2n) is 3.18. The number of halogens is 1. The third-order valence-corrected chi connectivity index (χ3v) is 1.76. The minimum absolute atomic E-state index is 0.121. The predicted molar refractivity (Wildman–Crippen MR) is 60.5 cm³/mol. The van der Waals surface area contributed by atoms with E-state index >= 15 is 0 Å². The molecule has 0 atom stereocenters. The Kier molecular flexibility index (Phi) is 5.60. The van der Waals surface area contributed by atoms with Crippen LogP contribution in [0.3, 0.4) is 0 Å². The van der Waals surface area contributed by atoms with Crippen molar-refractivity contribution in [2.45, 2.75) is 20.8 Å². The van der Waals surface area contributed by atoms with Gasteiger partial charge >= 0.3 is 0 Å². The molecule has 0 unspecified atom stereocenters. The molecule has 0 spiro atoms. The first kappa shape index (κ1) is 13.6. The van der Waals surface area contributed by atoms with Gasteiger partial charge in [-0.1, -0.05) is 19.9 Å². The number of benzene rings is 1. The number of hydrogen-bond acceptors (Lipinski definition) is 1. The fourth-order valence-corrected chi connectivity index (χ4v) is 1.03. The molecule has 0 aliphatic rings. The molecule has 0 fully saturated rings. The standard InChI is InChI=1S/C10H12FNO.C2H6/c1-7-4-5-8(9(11)6-7)10(13)12(2)3;1-2/h4-6H,1-3H3;1-2H3. The van der Waals surface area contributed by atoms with Gasteiger partial charge in [0, 0.05) is 14.1 Å². The van der Waals surface area contributed by atoms with Gasteiger partial charge in [-0.2, -0.15) is 0 Å². The Hall–Kier alpha value is -1.38. The predicted octanol–water partition coefficient (Wildman–Crippen LogP) is 2.86. The zero-order valence-corrected chi connectivity index (χ0v) is 9.97. The molecule has 1 rings (SSSR count). The van der Waals surface area contributed by atoms with Crippen LogP contribution in [0.4, 0.5) is 4.39 Å². The van der Waals surface area contributed by atoms with Crippen molar-refractivity contribution < 1.29 is 9.18 Å². The van der Waals surface area contributed by atoms with E-state index in [2.05, 4.69) is 0 Å². The first-order valence-corrected chi connectivity index (χ1v) is 5.00. The summed E-state index contributed by atoms with van der Waals surface area (Å²) in [5.41, 5.74) is 0.934. The average Bonchev–Trinajstić information content (AvgIpc) is 2.20. The molecule has 0 radical (unpaired) electrons. The quantitative estimate of drug-likeness (QED) is 0.699. The maximum absolute atomic E-state index is 13.2. The molecular formula is C12H18FNO. The Morgan fingerprint density at radius 3 is 2.20 bits per heavy atom. The Balaban J connectivity index is 0.000000921. The van der Waals surface area contributed by atoms with Crippen LogP contribution in [0.2, 0.25) is 0 Å². The monoisotopic (exact) mass is 211 g/mol. The third-order valence-electron chi connectivity index (χ3n) is 1.76. The van der Waals surface area contributed by atoms with E-state index in [1.165, 1.54) is 17.0 Å². The van der Waals surface area contributed by atoms with Crippen molar-refractivity contribution in [1.29, 1.82) is 0 Å². The Labute approximate surface area is 90.7 Å². The van der Waals surface area contributed by atoms with E-state index in [1.807, 2.05) is 13.8 Å². The lowest BCUT2D eigenvalue weighted by atomic mass is 10.1. The molecule has 15 heavy (non-hydrogen) atoms. The summed E-state index contributed by atoms with van der Waals surface area (Å²) in [5, 5.41) is 0. The van der Waals surface area contributed by atoms with Gasteiger partial charge in [0.2, 0.25) is 0 Å². The van der Waals surface area contributed by atoms with Gasteiger partial charge in [-0.3, -0.25) is 4.79 Å². The van der Waals surface area contributed by atoms with Gasteiger partial charge in [0.25, 0.3) is 5.91 Å². The van der Waals surface area contributed by atoms with Crippen molar-refractivity contribution >= 4 is 5.91 Å². The summed E-state index contributed by atoms with van der Waals surface area (Å²) < 4.78 is 13.2. The lowest BCUT2D eigenvalue weighted by molar-refractivity contribution is 0.0823. The van der Waals surface area contributed by atoms with Crippen LogP contribution in [0, 0.1) is 12.7 Å². The van der Waals surface area contributed by atoms with Crippen LogP contribution >= 0.6 is 0 Å². The van der Waals surface area contributed by atoms with Gasteiger partial charge in [-0.25, -0.2) is 4.39 Å². The smallest absolute Gasteiger partial charge is 0.256 e. The molecule has 84 valence electrons. The number of nitrogens with zero attached hydrogens (tertiary/aromatic N) is 1. The summed E-state index contributed by atoms with van der Waals surface area (Å²) in [7, 11) is 3.20. The highest BCUT2D eigenvalue weighted by Crippen LogP contribution is 2.11. The lowest BCUT2D eigenvalue weighted by Gasteiger charge is -2.10. The van der Waals surface area contributed by atoms with E-state index in [0.29, 0.717) is 0 Å². The minimum Gasteiger partial charge on any atom is -0.345 e. The molecule has 1 aromatic carbocycles.